The molecule has 9 nitrogen and oxygen atoms in total. The van der Waals surface area contributed by atoms with E-state index < -0.39 is 36.7 Å². The number of aliphatic hydroxyl groups excluding tert-OH is 3. The van der Waals surface area contributed by atoms with E-state index in [1.807, 2.05) is 0 Å². The second-order valence-electron chi connectivity index (χ2n) is 4.38. The normalized spacial score (nSPS) is 30.2. The predicted octanol–water partition coefficient (Wildman–Crippen LogP) is -1.51. The molecule has 20 heavy (non-hydrogen) atoms. The summed E-state index contributed by atoms with van der Waals surface area (Å²) in [5.74, 6) is 0. The maximum absolute atomic E-state index is 11.6. The molecule has 1 saturated heterocycles. The Bertz CT molecular complexity index is 701. The number of hydrogen-bond donors (Lipinski definition) is 4. The van der Waals surface area contributed by atoms with E-state index in [-0.39, 0.29) is 15.9 Å². The number of nitrogens with zero attached hydrogens (tertiary/aromatic N) is 3. The molecule has 3 heterocycles. The van der Waals surface area contributed by atoms with Gasteiger partial charge in [0.05, 0.1) is 12.9 Å². The number of halogens is 1. The standard InChI is InChI=1S/C10H11BrN4O5/c11-10-14-4-7(12-2-13-8(4)19)15(10)9-6(18)5(17)3(1-16)20-9/h2-3,5-6,9,16-18H,1H2,(H,12,13,19)/t3-,5?,6?,9-/m1/s1. The van der Waals surface area contributed by atoms with Gasteiger partial charge in [-0.25, -0.2) is 9.97 Å². The average molecular weight is 347 g/mol. The van der Waals surface area contributed by atoms with Crippen LogP contribution in [0.4, 0.5) is 0 Å². The summed E-state index contributed by atoms with van der Waals surface area (Å²) in [6, 6.07) is 0. The van der Waals surface area contributed by atoms with Crippen LogP contribution in [-0.4, -0.2) is 59.8 Å². The van der Waals surface area contributed by atoms with Gasteiger partial charge in [0.1, 0.15) is 18.3 Å². The van der Waals surface area contributed by atoms with Crippen molar-refractivity contribution >= 4 is 27.1 Å². The zero-order chi connectivity index (χ0) is 14.4. The molecule has 0 aromatic carbocycles. The fourth-order valence-electron chi connectivity index (χ4n) is 2.21. The Morgan fingerprint density at radius 3 is 2.85 bits per heavy atom. The van der Waals surface area contributed by atoms with E-state index in [0.29, 0.717) is 0 Å². The third-order valence-corrected chi connectivity index (χ3v) is 3.77. The Balaban J connectivity index is 2.14. The molecule has 108 valence electrons. The number of nitrogens with one attached hydrogen (secondary N) is 1. The van der Waals surface area contributed by atoms with Crippen molar-refractivity contribution in [1.29, 1.82) is 0 Å². The zero-order valence-electron chi connectivity index (χ0n) is 9.97. The molecule has 0 bridgehead atoms. The van der Waals surface area contributed by atoms with Gasteiger partial charge in [-0.15, -0.1) is 0 Å². The van der Waals surface area contributed by atoms with Gasteiger partial charge in [-0.2, -0.15) is 0 Å². The van der Waals surface area contributed by atoms with Crippen molar-refractivity contribution in [2.24, 2.45) is 0 Å². The Kier molecular flexibility index (Phi) is 3.34. The summed E-state index contributed by atoms with van der Waals surface area (Å²) in [6.07, 6.45) is -3.23. The van der Waals surface area contributed by atoms with Crippen molar-refractivity contribution in [3.8, 4) is 0 Å². The van der Waals surface area contributed by atoms with Crippen LogP contribution in [-0.2, 0) is 4.74 Å². The van der Waals surface area contributed by atoms with E-state index in [2.05, 4.69) is 30.9 Å². The number of ether oxygens (including phenoxy) is 1. The lowest BCUT2D eigenvalue weighted by molar-refractivity contribution is -0.0521. The number of aromatic amines is 1. The Morgan fingerprint density at radius 1 is 1.45 bits per heavy atom. The van der Waals surface area contributed by atoms with Crippen LogP contribution < -0.4 is 5.56 Å². The number of aromatic nitrogens is 4. The van der Waals surface area contributed by atoms with Gasteiger partial charge in [-0.1, -0.05) is 0 Å². The van der Waals surface area contributed by atoms with Crippen LogP contribution in [0.25, 0.3) is 11.2 Å². The summed E-state index contributed by atoms with van der Waals surface area (Å²) in [7, 11) is 0. The van der Waals surface area contributed by atoms with Crippen molar-refractivity contribution in [2.75, 3.05) is 6.61 Å². The first-order chi connectivity index (χ1) is 9.54. The molecule has 0 spiro atoms. The fraction of sp³-hybridized carbons (Fsp3) is 0.500. The molecule has 1 aliphatic rings. The van der Waals surface area contributed by atoms with Crippen LogP contribution in [0.5, 0.6) is 0 Å². The van der Waals surface area contributed by atoms with Crippen molar-refractivity contribution < 1.29 is 20.1 Å². The number of imidazole rings is 1. The van der Waals surface area contributed by atoms with Gasteiger partial charge < -0.3 is 25.0 Å². The first-order valence-corrected chi connectivity index (χ1v) is 6.57. The highest BCUT2D eigenvalue weighted by atomic mass is 79.9. The van der Waals surface area contributed by atoms with Crippen LogP contribution in [0, 0.1) is 0 Å². The van der Waals surface area contributed by atoms with Crippen LogP contribution >= 0.6 is 15.9 Å². The molecule has 0 radical (unpaired) electrons. The number of fused-ring (bicyclic) bond motifs is 1. The smallest absolute Gasteiger partial charge is 0.278 e. The highest BCUT2D eigenvalue weighted by Gasteiger charge is 2.44. The first kappa shape index (κ1) is 13.6. The molecule has 10 heteroatoms. The quantitative estimate of drug-likeness (QED) is 0.486. The SMILES string of the molecule is O=c1[nH]cnc2c1nc(Br)n2[C@@H]1O[C@H](CO)C(O)C1O. The van der Waals surface area contributed by atoms with Gasteiger partial charge in [-0.05, 0) is 15.9 Å². The molecule has 0 saturated carbocycles. The Hall–Kier alpha value is -1.33. The number of rotatable bonds is 2. The van der Waals surface area contributed by atoms with Gasteiger partial charge in [0.25, 0.3) is 5.56 Å². The molecule has 4 N–H and O–H groups in total. The molecule has 2 aromatic heterocycles. The number of aliphatic hydroxyl groups is 3. The summed E-state index contributed by atoms with van der Waals surface area (Å²) in [4.78, 5) is 22.0. The van der Waals surface area contributed by atoms with Gasteiger partial charge in [0.15, 0.2) is 22.1 Å². The molecule has 0 aliphatic carbocycles. The summed E-state index contributed by atoms with van der Waals surface area (Å²) >= 11 is 3.17. The first-order valence-electron chi connectivity index (χ1n) is 5.78. The van der Waals surface area contributed by atoms with Crippen molar-refractivity contribution in [3.05, 3.63) is 21.4 Å². The predicted molar refractivity (Wildman–Crippen MR) is 68.9 cm³/mol. The largest absolute Gasteiger partial charge is 0.394 e. The highest BCUT2D eigenvalue weighted by molar-refractivity contribution is 9.10. The highest BCUT2D eigenvalue weighted by Crippen LogP contribution is 2.33. The third kappa shape index (κ3) is 1.88. The Morgan fingerprint density at radius 2 is 2.20 bits per heavy atom. The minimum Gasteiger partial charge on any atom is -0.394 e. The average Bonchev–Trinajstić information content (AvgIpc) is 2.90. The minimum atomic E-state index is -1.28. The lowest BCUT2D eigenvalue weighted by Crippen LogP contribution is -2.33. The summed E-state index contributed by atoms with van der Waals surface area (Å²) in [5.41, 5.74) is -0.145. The van der Waals surface area contributed by atoms with E-state index in [9.17, 15) is 15.0 Å². The fourth-order valence-corrected chi connectivity index (χ4v) is 2.76. The minimum absolute atomic E-state index is 0.0807. The van der Waals surface area contributed by atoms with Gasteiger partial charge in [-0.3, -0.25) is 9.36 Å². The maximum atomic E-state index is 11.6. The second kappa shape index (κ2) is 4.90. The lowest BCUT2D eigenvalue weighted by atomic mass is 10.1. The second-order valence-corrected chi connectivity index (χ2v) is 5.09. The molecule has 2 unspecified atom stereocenters. The molecule has 1 fully saturated rings. The van der Waals surface area contributed by atoms with E-state index in [1.54, 1.807) is 0 Å². The van der Waals surface area contributed by atoms with Crippen LogP contribution in [0.2, 0.25) is 0 Å². The molecule has 0 amide bonds. The molecular formula is C10H11BrN4O5. The van der Waals surface area contributed by atoms with Crippen LogP contribution in [0.3, 0.4) is 0 Å². The monoisotopic (exact) mass is 346 g/mol. The van der Waals surface area contributed by atoms with Gasteiger partial charge in [0, 0.05) is 0 Å². The topological polar surface area (TPSA) is 133 Å². The van der Waals surface area contributed by atoms with Crippen LogP contribution in [0.1, 0.15) is 6.23 Å². The maximum Gasteiger partial charge on any atom is 0.278 e. The van der Waals surface area contributed by atoms with Gasteiger partial charge >= 0.3 is 0 Å². The van der Waals surface area contributed by atoms with Crippen molar-refractivity contribution in [2.45, 2.75) is 24.5 Å². The van der Waals surface area contributed by atoms with Gasteiger partial charge in [0.2, 0.25) is 0 Å². The summed E-state index contributed by atoms with van der Waals surface area (Å²) in [6.45, 7) is -0.438. The Labute approximate surface area is 120 Å². The molecule has 2 aromatic rings. The number of H-pyrrole nitrogens is 1. The molecular weight excluding hydrogens is 336 g/mol. The summed E-state index contributed by atoms with van der Waals surface area (Å²) in [5, 5.41) is 28.9. The zero-order valence-corrected chi connectivity index (χ0v) is 11.6. The van der Waals surface area contributed by atoms with E-state index in [1.165, 1.54) is 10.9 Å². The van der Waals surface area contributed by atoms with Crippen molar-refractivity contribution in [1.82, 2.24) is 19.5 Å². The lowest BCUT2D eigenvalue weighted by Gasteiger charge is -2.17. The van der Waals surface area contributed by atoms with E-state index >= 15 is 0 Å². The molecule has 4 atom stereocenters. The van der Waals surface area contributed by atoms with Crippen molar-refractivity contribution in [3.63, 3.8) is 0 Å². The van der Waals surface area contributed by atoms with E-state index in [4.69, 9.17) is 9.84 Å². The van der Waals surface area contributed by atoms with E-state index in [0.717, 1.165) is 0 Å². The van der Waals surface area contributed by atoms with Crippen LogP contribution in [0.15, 0.2) is 15.9 Å². The summed E-state index contributed by atoms with van der Waals surface area (Å²) < 4.78 is 6.98. The number of hydrogen-bond acceptors (Lipinski definition) is 7. The molecule has 1 aliphatic heterocycles. The molecule has 3 rings (SSSR count). The third-order valence-electron chi connectivity index (χ3n) is 3.21.